The lowest BCUT2D eigenvalue weighted by atomic mass is 10.2. The average Bonchev–Trinajstić information content (AvgIpc) is 3.09. The van der Waals surface area contributed by atoms with Crippen LogP contribution in [0.2, 0.25) is 0 Å². The van der Waals surface area contributed by atoms with Crippen LogP contribution >= 0.6 is 11.3 Å². The molecule has 0 bridgehead atoms. The normalized spacial score (nSPS) is 12.5. The average molecular weight is 461 g/mol. The molecule has 0 N–H and O–H groups in total. The van der Waals surface area contributed by atoms with E-state index in [2.05, 4.69) is 4.99 Å². The molecule has 0 atom stereocenters. The standard InChI is InChI=1S/C22H24N2O5S2/c1-5-24-18-11-10-16(21(26)29-6-2)13-19(18)30-22(24)23-20(25)15-8-7-9-17(12-15)31(27,28)14(3)4/h7-14H,5-6H2,1-4H3. The number of sulfone groups is 1. The Morgan fingerprint density at radius 2 is 1.84 bits per heavy atom. The third kappa shape index (κ3) is 4.62. The van der Waals surface area contributed by atoms with Crippen molar-refractivity contribution < 1.29 is 22.7 Å². The maximum absolute atomic E-state index is 12.8. The number of hydrogen-bond donors (Lipinski definition) is 0. The first-order valence-corrected chi connectivity index (χ1v) is 12.3. The van der Waals surface area contributed by atoms with Crippen molar-refractivity contribution in [2.75, 3.05) is 6.61 Å². The largest absolute Gasteiger partial charge is 0.462 e. The number of thiazole rings is 1. The second-order valence-corrected chi connectivity index (χ2v) is 10.6. The number of fused-ring (bicyclic) bond motifs is 1. The van der Waals surface area contributed by atoms with Crippen LogP contribution in [0.3, 0.4) is 0 Å². The number of aryl methyl sites for hydroxylation is 1. The SMILES string of the molecule is CCOC(=O)c1ccc2c(c1)sc(=NC(=O)c1cccc(S(=O)(=O)C(C)C)c1)n2CC. The highest BCUT2D eigenvalue weighted by Crippen LogP contribution is 2.21. The molecule has 0 saturated heterocycles. The van der Waals surface area contributed by atoms with Crippen LogP contribution in [-0.4, -0.2) is 36.7 Å². The van der Waals surface area contributed by atoms with Crippen LogP contribution in [0.4, 0.5) is 0 Å². The van der Waals surface area contributed by atoms with Crippen molar-refractivity contribution in [1.29, 1.82) is 0 Å². The second-order valence-electron chi connectivity index (χ2n) is 7.07. The molecule has 9 heteroatoms. The minimum atomic E-state index is -3.50. The predicted octanol–water partition coefficient (Wildman–Crippen LogP) is 3.82. The zero-order valence-corrected chi connectivity index (χ0v) is 19.4. The van der Waals surface area contributed by atoms with Crippen molar-refractivity contribution in [2.24, 2.45) is 4.99 Å². The Morgan fingerprint density at radius 1 is 1.10 bits per heavy atom. The van der Waals surface area contributed by atoms with Gasteiger partial charge in [0.15, 0.2) is 14.6 Å². The van der Waals surface area contributed by atoms with Gasteiger partial charge in [-0.05, 0) is 64.1 Å². The van der Waals surface area contributed by atoms with Crippen molar-refractivity contribution in [3.8, 4) is 0 Å². The van der Waals surface area contributed by atoms with Crippen molar-refractivity contribution in [1.82, 2.24) is 4.57 Å². The molecule has 31 heavy (non-hydrogen) atoms. The van der Waals surface area contributed by atoms with Gasteiger partial charge in [0.2, 0.25) is 0 Å². The van der Waals surface area contributed by atoms with Gasteiger partial charge in [-0.3, -0.25) is 4.79 Å². The van der Waals surface area contributed by atoms with Gasteiger partial charge in [-0.15, -0.1) is 0 Å². The van der Waals surface area contributed by atoms with Gasteiger partial charge in [0, 0.05) is 12.1 Å². The molecule has 1 amide bonds. The highest BCUT2D eigenvalue weighted by atomic mass is 32.2. The quantitative estimate of drug-likeness (QED) is 0.521. The Morgan fingerprint density at radius 3 is 2.48 bits per heavy atom. The Balaban J connectivity index is 2.06. The predicted molar refractivity (Wildman–Crippen MR) is 120 cm³/mol. The summed E-state index contributed by atoms with van der Waals surface area (Å²) in [5.41, 5.74) is 1.49. The molecule has 0 fully saturated rings. The maximum Gasteiger partial charge on any atom is 0.338 e. The number of ether oxygens (including phenoxy) is 1. The van der Waals surface area contributed by atoms with Crippen molar-refractivity contribution in [3.63, 3.8) is 0 Å². The zero-order valence-electron chi connectivity index (χ0n) is 17.8. The molecule has 0 saturated carbocycles. The third-order valence-corrected chi connectivity index (χ3v) is 7.93. The molecule has 3 rings (SSSR count). The number of hydrogen-bond acceptors (Lipinski definition) is 6. The first-order chi connectivity index (χ1) is 14.7. The fourth-order valence-corrected chi connectivity index (χ4v) is 5.27. The number of rotatable bonds is 6. The highest BCUT2D eigenvalue weighted by Gasteiger charge is 2.20. The van der Waals surface area contributed by atoms with E-state index in [9.17, 15) is 18.0 Å². The van der Waals surface area contributed by atoms with Crippen LogP contribution in [0.5, 0.6) is 0 Å². The minimum Gasteiger partial charge on any atom is -0.462 e. The smallest absolute Gasteiger partial charge is 0.338 e. The summed E-state index contributed by atoms with van der Waals surface area (Å²) in [6, 6.07) is 11.2. The molecule has 0 aliphatic rings. The third-order valence-electron chi connectivity index (χ3n) is 4.74. The summed E-state index contributed by atoms with van der Waals surface area (Å²) < 4.78 is 32.6. The number of esters is 1. The molecule has 164 valence electrons. The minimum absolute atomic E-state index is 0.0994. The molecule has 1 aromatic heterocycles. The summed E-state index contributed by atoms with van der Waals surface area (Å²) in [4.78, 5) is 29.7. The van der Waals surface area contributed by atoms with Crippen molar-refractivity contribution in [3.05, 3.63) is 58.4 Å². The van der Waals surface area contributed by atoms with E-state index in [-0.39, 0.29) is 17.1 Å². The van der Waals surface area contributed by atoms with E-state index in [0.717, 1.165) is 10.2 Å². The molecule has 0 aliphatic heterocycles. The van der Waals surface area contributed by atoms with Gasteiger partial charge in [0.1, 0.15) is 0 Å². The summed E-state index contributed by atoms with van der Waals surface area (Å²) in [5.74, 6) is -0.932. The van der Waals surface area contributed by atoms with Crippen LogP contribution in [0.25, 0.3) is 10.2 Å². The van der Waals surface area contributed by atoms with Crippen LogP contribution < -0.4 is 4.80 Å². The molecular formula is C22H24N2O5S2. The summed E-state index contributed by atoms with van der Waals surface area (Å²) in [7, 11) is -3.50. The lowest BCUT2D eigenvalue weighted by molar-refractivity contribution is 0.0526. The number of carbonyl (C=O) groups excluding carboxylic acids is 2. The van der Waals surface area contributed by atoms with Crippen molar-refractivity contribution in [2.45, 2.75) is 44.4 Å². The van der Waals surface area contributed by atoms with E-state index in [0.29, 0.717) is 16.9 Å². The van der Waals surface area contributed by atoms with Crippen LogP contribution in [0.15, 0.2) is 52.4 Å². The molecule has 7 nitrogen and oxygen atoms in total. The first-order valence-electron chi connectivity index (χ1n) is 9.92. The van der Waals surface area contributed by atoms with Gasteiger partial charge in [-0.1, -0.05) is 17.4 Å². The summed E-state index contributed by atoms with van der Waals surface area (Å²) >= 11 is 1.29. The van der Waals surface area contributed by atoms with Gasteiger partial charge in [-0.25, -0.2) is 13.2 Å². The van der Waals surface area contributed by atoms with Crippen molar-refractivity contribution >= 4 is 43.3 Å². The lowest BCUT2D eigenvalue weighted by Crippen LogP contribution is -2.17. The van der Waals surface area contributed by atoms with Crippen LogP contribution in [0.1, 0.15) is 48.4 Å². The Labute approximate surface area is 184 Å². The molecular weight excluding hydrogens is 436 g/mol. The number of nitrogens with zero attached hydrogens (tertiary/aromatic N) is 2. The molecule has 0 unspecified atom stereocenters. The number of benzene rings is 2. The molecule has 0 aliphatic carbocycles. The molecule has 1 heterocycles. The van der Waals surface area contributed by atoms with Crippen LogP contribution in [-0.2, 0) is 21.1 Å². The van der Waals surface area contributed by atoms with Gasteiger partial charge < -0.3 is 9.30 Å². The van der Waals surface area contributed by atoms with E-state index < -0.39 is 27.0 Å². The molecule has 2 aromatic carbocycles. The molecule has 3 aromatic rings. The van der Waals surface area contributed by atoms with Gasteiger partial charge in [0.25, 0.3) is 5.91 Å². The van der Waals surface area contributed by atoms with Gasteiger partial charge >= 0.3 is 5.97 Å². The Hall–Kier alpha value is -2.78. The summed E-state index contributed by atoms with van der Waals surface area (Å²) in [5, 5.41) is -0.590. The highest BCUT2D eigenvalue weighted by molar-refractivity contribution is 7.92. The van der Waals surface area contributed by atoms with E-state index >= 15 is 0 Å². The number of aromatic nitrogens is 1. The van der Waals surface area contributed by atoms with Gasteiger partial charge in [0.05, 0.1) is 32.5 Å². The summed E-state index contributed by atoms with van der Waals surface area (Å²) in [6.07, 6.45) is 0. The Bertz CT molecular complexity index is 1320. The zero-order chi connectivity index (χ0) is 22.8. The molecule has 0 spiro atoms. The van der Waals surface area contributed by atoms with E-state index in [1.165, 1.54) is 23.5 Å². The van der Waals surface area contributed by atoms with Gasteiger partial charge in [-0.2, -0.15) is 4.99 Å². The number of carbonyl (C=O) groups is 2. The second kappa shape index (κ2) is 9.15. The topological polar surface area (TPSA) is 94.8 Å². The Kier molecular flexibility index (Phi) is 6.76. The fourth-order valence-electron chi connectivity index (χ4n) is 3.04. The first kappa shape index (κ1) is 22.9. The number of amides is 1. The maximum atomic E-state index is 12.8. The van der Waals surface area contributed by atoms with Crippen LogP contribution in [0, 0.1) is 0 Å². The fraction of sp³-hybridized carbons (Fsp3) is 0.318. The van der Waals surface area contributed by atoms with E-state index in [4.69, 9.17) is 4.74 Å². The monoisotopic (exact) mass is 460 g/mol. The molecule has 0 radical (unpaired) electrons. The van der Waals surface area contributed by atoms with E-state index in [1.54, 1.807) is 51.1 Å². The lowest BCUT2D eigenvalue weighted by Gasteiger charge is -2.08. The summed E-state index contributed by atoms with van der Waals surface area (Å²) in [6.45, 7) is 7.74. The van der Waals surface area contributed by atoms with E-state index in [1.807, 2.05) is 11.5 Å².